The van der Waals surface area contributed by atoms with Crippen LogP contribution in [0.15, 0.2) is 42.5 Å². The third-order valence-electron chi connectivity index (χ3n) is 12.2. The Morgan fingerprint density at radius 1 is 1.00 bits per heavy atom. The van der Waals surface area contributed by atoms with Gasteiger partial charge in [0.05, 0.1) is 17.0 Å². The van der Waals surface area contributed by atoms with E-state index in [-0.39, 0.29) is 47.5 Å². The van der Waals surface area contributed by atoms with Crippen molar-refractivity contribution in [2.24, 2.45) is 11.8 Å². The van der Waals surface area contributed by atoms with Crippen molar-refractivity contribution in [3.63, 3.8) is 0 Å². The number of hydrogen-bond donors (Lipinski definition) is 3. The number of piperidine rings is 3. The number of likely N-dealkylation sites (tertiary alicyclic amines) is 1. The molecule has 2 aromatic rings. The maximum absolute atomic E-state index is 13.6. The summed E-state index contributed by atoms with van der Waals surface area (Å²) in [4.78, 5) is 19.1. The molecule has 4 bridgehead atoms. The summed E-state index contributed by atoms with van der Waals surface area (Å²) in [5, 5.41) is 27.1. The van der Waals surface area contributed by atoms with E-state index in [2.05, 4.69) is 21.2 Å². The van der Waals surface area contributed by atoms with Crippen molar-refractivity contribution in [3.05, 3.63) is 59.2 Å². The fraction of sp³-hybridized carbons (Fsp3) is 0.618. The molecule has 3 saturated heterocycles. The first-order valence-corrected chi connectivity index (χ1v) is 16.0. The number of fused-ring (bicyclic) bond motifs is 2. The lowest BCUT2D eigenvalue weighted by molar-refractivity contribution is -0.293. The molecule has 7 nitrogen and oxygen atoms in total. The number of hydrogen-bond acceptors (Lipinski definition) is 6. The maximum Gasteiger partial charge on any atom is 0.221 e. The molecule has 4 heterocycles. The second-order valence-electron chi connectivity index (χ2n) is 14.3. The topological polar surface area (TPSA) is 85.3 Å². The standard InChI is InChI=1S/C34H41N3O4.ClH/c38-25-11-10-24-16-27-34-13-12-33(40,31-32(34,29(24)30(25)41-31)14-15-36(27)19-22-6-7-22)26(37(34)20-23-8-9-23)17-28(39)35-18-21-4-2-1-3-5-21;/h1-5,10-11,22-23,26-27,31,38,40H,6-9,12-20H2,(H,35,39);1H/t26-,27+,31+,32+,33+,34+;/m0./s1. The Labute approximate surface area is 254 Å². The molecule has 3 N–H and O–H groups in total. The number of aliphatic hydroxyl groups is 1. The monoisotopic (exact) mass is 591 g/mol. The molecule has 2 aromatic carbocycles. The second kappa shape index (κ2) is 9.34. The molecule has 3 saturated carbocycles. The van der Waals surface area contributed by atoms with Crippen molar-refractivity contribution in [3.8, 4) is 11.5 Å². The molecule has 0 aromatic heterocycles. The van der Waals surface area contributed by atoms with Gasteiger partial charge in [-0.3, -0.25) is 14.6 Å². The molecule has 10 rings (SSSR count). The summed E-state index contributed by atoms with van der Waals surface area (Å²) >= 11 is 0. The molecule has 1 amide bonds. The largest absolute Gasteiger partial charge is 0.504 e. The van der Waals surface area contributed by atoms with Crippen molar-refractivity contribution in [2.45, 2.75) is 99.1 Å². The first-order valence-electron chi connectivity index (χ1n) is 16.0. The average Bonchev–Trinajstić information content (AvgIpc) is 3.91. The van der Waals surface area contributed by atoms with Gasteiger partial charge < -0.3 is 20.3 Å². The van der Waals surface area contributed by atoms with E-state index in [0.29, 0.717) is 30.7 Å². The van der Waals surface area contributed by atoms with Crippen LogP contribution in [0.5, 0.6) is 11.5 Å². The number of amides is 1. The summed E-state index contributed by atoms with van der Waals surface area (Å²) < 4.78 is 6.80. The van der Waals surface area contributed by atoms with Crippen molar-refractivity contribution in [2.75, 3.05) is 19.6 Å². The maximum atomic E-state index is 13.6. The Kier molecular flexibility index (Phi) is 6.06. The molecule has 4 aliphatic heterocycles. The number of halogens is 1. The number of nitrogens with one attached hydrogen (secondary N) is 1. The van der Waals surface area contributed by atoms with Crippen LogP contribution in [-0.4, -0.2) is 74.9 Å². The predicted octanol–water partition coefficient (Wildman–Crippen LogP) is 3.92. The Bertz CT molecular complexity index is 1410. The molecule has 0 radical (unpaired) electrons. The van der Waals surface area contributed by atoms with Crippen LogP contribution in [-0.2, 0) is 23.2 Å². The normalized spacial score (nSPS) is 37.5. The summed E-state index contributed by atoms with van der Waals surface area (Å²) in [6.07, 6.45) is 8.36. The Hall–Kier alpha value is -2.32. The Morgan fingerprint density at radius 3 is 2.52 bits per heavy atom. The van der Waals surface area contributed by atoms with Crippen LogP contribution < -0.4 is 10.1 Å². The van der Waals surface area contributed by atoms with Gasteiger partial charge in [-0.05, 0) is 86.9 Å². The SMILES string of the molecule is Cl.O=C(C[C@@H]1N(CC2CC2)[C@@]23CC[C@]1(O)[C@@H]1Oc4c(O)ccc5c4[C@]12CCN(CC1CC1)[C@@H]3C5)NCc1ccccc1. The van der Waals surface area contributed by atoms with Crippen LogP contribution in [0.3, 0.4) is 0 Å². The highest BCUT2D eigenvalue weighted by atomic mass is 35.5. The van der Waals surface area contributed by atoms with E-state index in [9.17, 15) is 15.0 Å². The summed E-state index contributed by atoms with van der Waals surface area (Å²) in [6, 6.07) is 14.0. The molecular weight excluding hydrogens is 550 g/mol. The van der Waals surface area contributed by atoms with Gasteiger partial charge in [0.2, 0.25) is 5.91 Å². The predicted molar refractivity (Wildman–Crippen MR) is 161 cm³/mol. The molecule has 2 spiro atoms. The highest BCUT2D eigenvalue weighted by Gasteiger charge is 2.82. The molecule has 224 valence electrons. The zero-order valence-corrected chi connectivity index (χ0v) is 25.0. The number of aromatic hydroxyl groups is 1. The zero-order valence-electron chi connectivity index (χ0n) is 24.1. The molecule has 8 heteroatoms. The number of phenols is 1. The molecule has 4 aliphatic carbocycles. The number of phenolic OH excluding ortho intramolecular Hbond substituents is 1. The van der Waals surface area contributed by atoms with Gasteiger partial charge in [-0.2, -0.15) is 0 Å². The van der Waals surface area contributed by atoms with Gasteiger partial charge in [0.25, 0.3) is 0 Å². The van der Waals surface area contributed by atoms with E-state index >= 15 is 0 Å². The van der Waals surface area contributed by atoms with Gasteiger partial charge in [0.1, 0.15) is 11.7 Å². The smallest absolute Gasteiger partial charge is 0.221 e. The van der Waals surface area contributed by atoms with E-state index in [0.717, 1.165) is 50.4 Å². The molecular formula is C34H42ClN3O4. The molecule has 6 fully saturated rings. The Morgan fingerprint density at radius 2 is 1.76 bits per heavy atom. The van der Waals surface area contributed by atoms with Crippen molar-refractivity contribution < 1.29 is 19.7 Å². The van der Waals surface area contributed by atoms with Gasteiger partial charge in [-0.25, -0.2) is 0 Å². The quantitative estimate of drug-likeness (QED) is 0.432. The van der Waals surface area contributed by atoms with E-state index in [4.69, 9.17) is 4.74 Å². The minimum atomic E-state index is -1.16. The van der Waals surface area contributed by atoms with Gasteiger partial charge >= 0.3 is 0 Å². The molecule has 42 heavy (non-hydrogen) atoms. The van der Waals surface area contributed by atoms with Crippen LogP contribution >= 0.6 is 12.4 Å². The Balaban J connectivity index is 0.00000267. The zero-order chi connectivity index (χ0) is 27.6. The average molecular weight is 592 g/mol. The van der Waals surface area contributed by atoms with Gasteiger partial charge in [-0.1, -0.05) is 36.4 Å². The van der Waals surface area contributed by atoms with Crippen LogP contribution in [0, 0.1) is 11.8 Å². The lowest BCUT2D eigenvalue weighted by Crippen LogP contribution is -2.91. The fourth-order valence-corrected chi connectivity index (χ4v) is 10.2. The minimum Gasteiger partial charge on any atom is -0.504 e. The molecule has 8 aliphatic rings. The second-order valence-corrected chi connectivity index (χ2v) is 14.3. The van der Waals surface area contributed by atoms with Gasteiger partial charge in [0.15, 0.2) is 11.5 Å². The minimum absolute atomic E-state index is 0. The summed E-state index contributed by atoms with van der Waals surface area (Å²) in [7, 11) is 0. The van der Waals surface area contributed by atoms with Crippen molar-refractivity contribution in [1.82, 2.24) is 15.1 Å². The van der Waals surface area contributed by atoms with E-state index in [1.54, 1.807) is 6.07 Å². The van der Waals surface area contributed by atoms with E-state index in [1.807, 2.05) is 30.3 Å². The van der Waals surface area contributed by atoms with Gasteiger partial charge in [-0.15, -0.1) is 12.4 Å². The number of ether oxygens (including phenoxy) is 1. The van der Waals surface area contributed by atoms with Crippen molar-refractivity contribution in [1.29, 1.82) is 0 Å². The third-order valence-corrected chi connectivity index (χ3v) is 12.2. The summed E-state index contributed by atoms with van der Waals surface area (Å²) in [6.45, 7) is 3.58. The highest BCUT2D eigenvalue weighted by molar-refractivity contribution is 5.85. The number of nitrogens with zero attached hydrogens (tertiary/aromatic N) is 2. The first kappa shape index (κ1) is 27.2. The lowest BCUT2D eigenvalue weighted by Gasteiger charge is -2.77. The van der Waals surface area contributed by atoms with E-state index in [1.165, 1.54) is 36.8 Å². The third kappa shape index (κ3) is 3.54. The summed E-state index contributed by atoms with van der Waals surface area (Å²) in [5.74, 6) is 2.21. The molecule has 6 atom stereocenters. The fourth-order valence-electron chi connectivity index (χ4n) is 10.2. The van der Waals surface area contributed by atoms with Crippen LogP contribution in [0.25, 0.3) is 0 Å². The van der Waals surface area contributed by atoms with Gasteiger partial charge in [0, 0.05) is 37.7 Å². The van der Waals surface area contributed by atoms with Crippen molar-refractivity contribution >= 4 is 18.3 Å². The molecule has 0 unspecified atom stereocenters. The number of carbonyl (C=O) groups excluding carboxylic acids is 1. The number of rotatable bonds is 8. The lowest BCUT2D eigenvalue weighted by atomic mass is 9.40. The van der Waals surface area contributed by atoms with Crippen LogP contribution in [0.1, 0.15) is 68.1 Å². The number of benzene rings is 2. The summed E-state index contributed by atoms with van der Waals surface area (Å²) in [5.41, 5.74) is 1.80. The number of carbonyl (C=O) groups is 1. The van der Waals surface area contributed by atoms with E-state index < -0.39 is 11.7 Å². The highest BCUT2D eigenvalue weighted by Crippen LogP contribution is 2.72. The van der Waals surface area contributed by atoms with Crippen LogP contribution in [0.2, 0.25) is 0 Å². The first-order chi connectivity index (χ1) is 19.9. The van der Waals surface area contributed by atoms with Crippen LogP contribution in [0.4, 0.5) is 0 Å².